The second-order valence-electron chi connectivity index (χ2n) is 7.78. The van der Waals surface area contributed by atoms with E-state index in [1.165, 1.54) is 11.3 Å². The summed E-state index contributed by atoms with van der Waals surface area (Å²) in [4.78, 5) is 31.0. The number of ether oxygens (including phenoxy) is 1. The molecule has 30 heavy (non-hydrogen) atoms. The lowest BCUT2D eigenvalue weighted by Crippen LogP contribution is -2.52. The third-order valence-corrected chi connectivity index (χ3v) is 6.94. The minimum Gasteiger partial charge on any atom is -0.368 e. The van der Waals surface area contributed by atoms with Gasteiger partial charge in [0.2, 0.25) is 0 Å². The van der Waals surface area contributed by atoms with Crippen LogP contribution < -0.4 is 0 Å². The average Bonchev–Trinajstić information content (AvgIpc) is 3.52. The molecule has 0 bridgehead atoms. The van der Waals surface area contributed by atoms with Gasteiger partial charge >= 0.3 is 0 Å². The Hall–Kier alpha value is -2.71. The number of rotatable bonds is 3. The molecule has 1 aromatic carbocycles. The van der Waals surface area contributed by atoms with Gasteiger partial charge in [-0.2, -0.15) is 5.10 Å². The Labute approximate surface area is 178 Å². The molecule has 2 saturated heterocycles. The molecule has 156 valence electrons. The van der Waals surface area contributed by atoms with E-state index >= 15 is 0 Å². The van der Waals surface area contributed by atoms with Crippen LogP contribution in [0.2, 0.25) is 0 Å². The zero-order valence-electron chi connectivity index (χ0n) is 16.9. The second-order valence-corrected chi connectivity index (χ2v) is 8.81. The van der Waals surface area contributed by atoms with Crippen molar-refractivity contribution in [1.82, 2.24) is 19.6 Å². The minimum atomic E-state index is -0.293. The van der Waals surface area contributed by atoms with E-state index in [-0.39, 0.29) is 17.9 Å². The summed E-state index contributed by atoms with van der Waals surface area (Å²) in [6.45, 7) is 4.86. The van der Waals surface area contributed by atoms with Crippen LogP contribution in [-0.4, -0.2) is 70.3 Å². The van der Waals surface area contributed by atoms with Crippen LogP contribution in [0.25, 0.3) is 15.9 Å². The molecule has 5 rings (SSSR count). The first kappa shape index (κ1) is 19.3. The Balaban J connectivity index is 1.31. The van der Waals surface area contributed by atoms with Gasteiger partial charge in [-0.05, 0) is 38.0 Å². The van der Waals surface area contributed by atoms with Crippen LogP contribution in [0.4, 0.5) is 0 Å². The van der Waals surface area contributed by atoms with E-state index in [0.29, 0.717) is 37.7 Å². The van der Waals surface area contributed by atoms with Gasteiger partial charge in [0, 0.05) is 38.2 Å². The van der Waals surface area contributed by atoms with Gasteiger partial charge in [-0.1, -0.05) is 18.2 Å². The van der Waals surface area contributed by atoms with Crippen LogP contribution in [0, 0.1) is 6.92 Å². The number of para-hydroxylation sites is 1. The van der Waals surface area contributed by atoms with Gasteiger partial charge in [-0.25, -0.2) is 4.68 Å². The van der Waals surface area contributed by atoms with Gasteiger partial charge in [0.15, 0.2) is 0 Å². The maximum absolute atomic E-state index is 13.1. The van der Waals surface area contributed by atoms with Gasteiger partial charge in [-0.15, -0.1) is 11.3 Å². The van der Waals surface area contributed by atoms with Crippen molar-refractivity contribution in [2.75, 3.05) is 32.8 Å². The van der Waals surface area contributed by atoms with E-state index < -0.39 is 0 Å². The second kappa shape index (κ2) is 7.85. The molecule has 2 aliphatic rings. The maximum Gasteiger partial charge on any atom is 0.264 e. The predicted octanol–water partition coefficient (Wildman–Crippen LogP) is 2.86. The molecule has 2 aromatic heterocycles. The van der Waals surface area contributed by atoms with Gasteiger partial charge in [0.25, 0.3) is 11.8 Å². The molecule has 1 unspecified atom stereocenters. The SMILES string of the molecule is Cc1nn(-c2ccccc2)c2sc(C(=O)N3CCN(C(=O)C4CCCO4)CC3)cc12. The fourth-order valence-electron chi connectivity index (χ4n) is 4.16. The van der Waals surface area contributed by atoms with Crippen LogP contribution >= 0.6 is 11.3 Å². The quantitative estimate of drug-likeness (QED) is 0.648. The van der Waals surface area contributed by atoms with Gasteiger partial charge in [0.05, 0.1) is 16.3 Å². The van der Waals surface area contributed by atoms with Gasteiger partial charge in [-0.3, -0.25) is 9.59 Å². The van der Waals surface area contributed by atoms with Crippen molar-refractivity contribution in [3.8, 4) is 5.69 Å². The van der Waals surface area contributed by atoms with Crippen molar-refractivity contribution >= 4 is 33.4 Å². The Bertz CT molecular complexity index is 1080. The summed E-state index contributed by atoms with van der Waals surface area (Å²) < 4.78 is 7.42. The molecule has 3 aromatic rings. The molecule has 0 aliphatic carbocycles. The highest BCUT2D eigenvalue weighted by molar-refractivity contribution is 7.20. The Morgan fingerprint density at radius 3 is 2.53 bits per heavy atom. The lowest BCUT2D eigenvalue weighted by molar-refractivity contribution is -0.142. The largest absolute Gasteiger partial charge is 0.368 e. The van der Waals surface area contributed by atoms with E-state index in [1.54, 1.807) is 0 Å². The Morgan fingerprint density at radius 1 is 1.10 bits per heavy atom. The zero-order chi connectivity index (χ0) is 20.7. The summed E-state index contributed by atoms with van der Waals surface area (Å²) in [5.74, 6) is 0.0967. The lowest BCUT2D eigenvalue weighted by atomic mass is 10.2. The number of carbonyl (C=O) groups is 2. The van der Waals surface area contributed by atoms with Crippen molar-refractivity contribution in [1.29, 1.82) is 0 Å². The summed E-state index contributed by atoms with van der Waals surface area (Å²) in [7, 11) is 0. The number of hydrogen-bond acceptors (Lipinski definition) is 5. The van der Waals surface area contributed by atoms with Crippen LogP contribution in [0.5, 0.6) is 0 Å². The first-order chi connectivity index (χ1) is 14.6. The Morgan fingerprint density at radius 2 is 1.83 bits per heavy atom. The zero-order valence-corrected chi connectivity index (χ0v) is 17.7. The molecule has 2 fully saturated rings. The van der Waals surface area contributed by atoms with Crippen molar-refractivity contribution in [2.24, 2.45) is 0 Å². The highest BCUT2D eigenvalue weighted by Crippen LogP contribution is 2.31. The minimum absolute atomic E-state index is 0.0272. The summed E-state index contributed by atoms with van der Waals surface area (Å²) in [5, 5.41) is 5.66. The third kappa shape index (κ3) is 3.40. The number of fused-ring (bicyclic) bond motifs is 1. The molecule has 8 heteroatoms. The third-order valence-electron chi connectivity index (χ3n) is 5.84. The van der Waals surface area contributed by atoms with E-state index in [9.17, 15) is 9.59 Å². The molecular weight excluding hydrogens is 400 g/mol. The number of hydrogen-bond donors (Lipinski definition) is 0. The van der Waals surface area contributed by atoms with Crippen molar-refractivity contribution in [2.45, 2.75) is 25.9 Å². The van der Waals surface area contributed by atoms with Gasteiger partial charge in [0.1, 0.15) is 10.9 Å². The van der Waals surface area contributed by atoms with Crippen molar-refractivity contribution in [3.63, 3.8) is 0 Å². The highest BCUT2D eigenvalue weighted by Gasteiger charge is 2.32. The molecule has 0 radical (unpaired) electrons. The number of benzene rings is 1. The molecule has 7 nitrogen and oxygen atoms in total. The molecule has 1 atom stereocenters. The number of piperazine rings is 1. The summed E-state index contributed by atoms with van der Waals surface area (Å²) in [6, 6.07) is 11.9. The number of amides is 2. The van der Waals surface area contributed by atoms with Crippen LogP contribution in [0.1, 0.15) is 28.2 Å². The topological polar surface area (TPSA) is 67.7 Å². The molecule has 0 spiro atoms. The van der Waals surface area contributed by atoms with Gasteiger partial charge < -0.3 is 14.5 Å². The molecule has 2 amide bonds. The van der Waals surface area contributed by atoms with E-state index in [2.05, 4.69) is 5.10 Å². The standard InChI is InChI=1S/C22H24N4O3S/c1-15-17-14-19(30-22(17)26(23-15)16-6-3-2-4-7-16)21(28)25-11-9-24(10-12-25)20(27)18-8-5-13-29-18/h2-4,6-7,14,18H,5,8-13H2,1H3. The van der Waals surface area contributed by atoms with E-state index in [4.69, 9.17) is 4.74 Å². The summed E-state index contributed by atoms with van der Waals surface area (Å²) >= 11 is 1.48. The lowest BCUT2D eigenvalue weighted by Gasteiger charge is -2.35. The van der Waals surface area contributed by atoms with Crippen LogP contribution in [0.3, 0.4) is 0 Å². The fourth-order valence-corrected chi connectivity index (χ4v) is 5.31. The van der Waals surface area contributed by atoms with E-state index in [0.717, 1.165) is 34.4 Å². The van der Waals surface area contributed by atoms with Crippen LogP contribution in [-0.2, 0) is 9.53 Å². The first-order valence-electron chi connectivity index (χ1n) is 10.4. The number of aryl methyl sites for hydroxylation is 1. The number of nitrogens with zero attached hydrogens (tertiary/aromatic N) is 4. The monoisotopic (exact) mass is 424 g/mol. The maximum atomic E-state index is 13.1. The summed E-state index contributed by atoms with van der Waals surface area (Å²) in [5.41, 5.74) is 1.90. The van der Waals surface area contributed by atoms with Crippen molar-refractivity contribution in [3.05, 3.63) is 47.0 Å². The first-order valence-corrected chi connectivity index (χ1v) is 11.2. The average molecular weight is 425 g/mol. The molecular formula is C22H24N4O3S. The summed E-state index contributed by atoms with van der Waals surface area (Å²) in [6.07, 6.45) is 1.46. The smallest absolute Gasteiger partial charge is 0.264 e. The Kier molecular flexibility index (Phi) is 5.04. The number of thiophene rings is 1. The fraction of sp³-hybridized carbons (Fsp3) is 0.409. The predicted molar refractivity (Wildman–Crippen MR) is 115 cm³/mol. The normalized spacial score (nSPS) is 19.6. The molecule has 2 aliphatic heterocycles. The molecule has 4 heterocycles. The number of aromatic nitrogens is 2. The van der Waals surface area contributed by atoms with Crippen LogP contribution in [0.15, 0.2) is 36.4 Å². The molecule has 0 saturated carbocycles. The molecule has 0 N–H and O–H groups in total. The highest BCUT2D eigenvalue weighted by atomic mass is 32.1. The number of carbonyl (C=O) groups excluding carboxylic acids is 2. The van der Waals surface area contributed by atoms with E-state index in [1.807, 2.05) is 57.8 Å². The van der Waals surface area contributed by atoms with Crippen molar-refractivity contribution < 1.29 is 14.3 Å².